The predicted octanol–water partition coefficient (Wildman–Crippen LogP) is 2.77. The van der Waals surface area contributed by atoms with Crippen LogP contribution in [0, 0.1) is 5.82 Å². The molecule has 0 bridgehead atoms. The van der Waals surface area contributed by atoms with Gasteiger partial charge in [-0.15, -0.1) is 0 Å². The SMILES string of the molecule is CC(C)=CCc1cc(F)cc2c(C[C@H](N)C(=O)O)c[nH]c12. The van der Waals surface area contributed by atoms with E-state index in [1.54, 1.807) is 6.20 Å². The topological polar surface area (TPSA) is 79.1 Å². The van der Waals surface area contributed by atoms with Gasteiger partial charge in [0.25, 0.3) is 0 Å². The highest BCUT2D eigenvalue weighted by atomic mass is 19.1. The molecule has 5 heteroatoms. The van der Waals surface area contributed by atoms with Crippen molar-refractivity contribution in [3.8, 4) is 0 Å². The normalized spacial score (nSPS) is 12.4. The average molecular weight is 290 g/mol. The standard InChI is InChI=1S/C16H19FN2O2/c1-9(2)3-4-10-5-12(17)7-13-11(8-19-15(10)13)6-14(18)16(20)21/h3,5,7-8,14,19H,4,6,18H2,1-2H3,(H,20,21)/t14-/m0/s1. The van der Waals surface area contributed by atoms with Gasteiger partial charge in [0.2, 0.25) is 0 Å². The molecule has 1 atom stereocenters. The Kier molecular flexibility index (Phi) is 4.43. The fourth-order valence-electron chi connectivity index (χ4n) is 2.29. The van der Waals surface area contributed by atoms with Crippen molar-refractivity contribution in [3.05, 3.63) is 46.9 Å². The van der Waals surface area contributed by atoms with Gasteiger partial charge in [0.1, 0.15) is 11.9 Å². The zero-order valence-electron chi connectivity index (χ0n) is 12.1. The van der Waals surface area contributed by atoms with Crippen LogP contribution in [-0.4, -0.2) is 22.1 Å². The Balaban J connectivity index is 2.43. The van der Waals surface area contributed by atoms with Crippen molar-refractivity contribution >= 4 is 16.9 Å². The van der Waals surface area contributed by atoms with Gasteiger partial charge in [0, 0.05) is 23.5 Å². The smallest absolute Gasteiger partial charge is 0.320 e. The molecule has 0 spiro atoms. The highest BCUT2D eigenvalue weighted by Gasteiger charge is 2.16. The zero-order chi connectivity index (χ0) is 15.6. The first-order valence-corrected chi connectivity index (χ1v) is 6.78. The molecule has 0 saturated heterocycles. The van der Waals surface area contributed by atoms with Gasteiger partial charge in [-0.1, -0.05) is 11.6 Å². The van der Waals surface area contributed by atoms with Gasteiger partial charge in [-0.2, -0.15) is 0 Å². The van der Waals surface area contributed by atoms with Crippen molar-refractivity contribution in [2.24, 2.45) is 5.73 Å². The monoisotopic (exact) mass is 290 g/mol. The number of allylic oxidation sites excluding steroid dienone is 2. The number of nitrogens with two attached hydrogens (primary N) is 1. The molecule has 0 radical (unpaired) electrons. The Bertz CT molecular complexity index is 700. The number of carbonyl (C=O) groups is 1. The Labute approximate surface area is 122 Å². The molecule has 4 N–H and O–H groups in total. The Morgan fingerprint density at radius 3 is 2.76 bits per heavy atom. The summed E-state index contributed by atoms with van der Waals surface area (Å²) in [4.78, 5) is 14.0. The molecule has 0 fully saturated rings. The van der Waals surface area contributed by atoms with Gasteiger partial charge in [-0.25, -0.2) is 4.39 Å². The van der Waals surface area contributed by atoms with Crippen molar-refractivity contribution < 1.29 is 14.3 Å². The highest BCUT2D eigenvalue weighted by Crippen LogP contribution is 2.25. The van der Waals surface area contributed by atoms with Gasteiger partial charge in [0.05, 0.1) is 0 Å². The van der Waals surface area contributed by atoms with E-state index in [2.05, 4.69) is 4.98 Å². The number of carboxylic acids is 1. The van der Waals surface area contributed by atoms with Crippen LogP contribution in [0.15, 0.2) is 30.0 Å². The summed E-state index contributed by atoms with van der Waals surface area (Å²) in [5, 5.41) is 9.59. The highest BCUT2D eigenvalue weighted by molar-refractivity contribution is 5.87. The summed E-state index contributed by atoms with van der Waals surface area (Å²) in [6.07, 6.45) is 4.53. The number of aliphatic carboxylic acids is 1. The number of fused-ring (bicyclic) bond motifs is 1. The summed E-state index contributed by atoms with van der Waals surface area (Å²) in [5.41, 5.74) is 9.12. The predicted molar refractivity (Wildman–Crippen MR) is 80.7 cm³/mol. The number of nitrogens with one attached hydrogen (secondary N) is 1. The molecule has 21 heavy (non-hydrogen) atoms. The summed E-state index contributed by atoms with van der Waals surface area (Å²) in [6, 6.07) is 1.93. The molecule has 4 nitrogen and oxygen atoms in total. The van der Waals surface area contributed by atoms with E-state index in [1.807, 2.05) is 19.9 Å². The molecule has 0 saturated carbocycles. The fourth-order valence-corrected chi connectivity index (χ4v) is 2.29. The van der Waals surface area contributed by atoms with Crippen LogP contribution in [0.1, 0.15) is 25.0 Å². The molecule has 2 aromatic rings. The largest absolute Gasteiger partial charge is 0.480 e. The lowest BCUT2D eigenvalue weighted by molar-refractivity contribution is -0.138. The first-order valence-electron chi connectivity index (χ1n) is 6.78. The van der Waals surface area contributed by atoms with E-state index in [-0.39, 0.29) is 12.2 Å². The maximum Gasteiger partial charge on any atom is 0.320 e. The van der Waals surface area contributed by atoms with Crippen molar-refractivity contribution in [1.82, 2.24) is 4.98 Å². The van der Waals surface area contributed by atoms with E-state index >= 15 is 0 Å². The van der Waals surface area contributed by atoms with Crippen LogP contribution in [0.5, 0.6) is 0 Å². The zero-order valence-corrected chi connectivity index (χ0v) is 12.1. The molecule has 112 valence electrons. The van der Waals surface area contributed by atoms with Gasteiger partial charge in [-0.3, -0.25) is 4.79 Å². The van der Waals surface area contributed by atoms with Gasteiger partial charge in [-0.05, 0) is 43.5 Å². The fraction of sp³-hybridized carbons (Fsp3) is 0.312. The second-order valence-electron chi connectivity index (χ2n) is 5.44. The maximum atomic E-state index is 13.8. The Hall–Kier alpha value is -2.14. The Morgan fingerprint density at radius 2 is 2.14 bits per heavy atom. The van der Waals surface area contributed by atoms with Crippen LogP contribution in [0.2, 0.25) is 0 Å². The third-order valence-electron chi connectivity index (χ3n) is 3.41. The van der Waals surface area contributed by atoms with Crippen LogP contribution < -0.4 is 5.73 Å². The molecule has 0 aliphatic heterocycles. The first kappa shape index (κ1) is 15.3. The number of halogens is 1. The number of hydrogen-bond donors (Lipinski definition) is 3. The lowest BCUT2D eigenvalue weighted by atomic mass is 10.0. The number of benzene rings is 1. The molecule has 0 unspecified atom stereocenters. The Morgan fingerprint density at radius 1 is 1.43 bits per heavy atom. The van der Waals surface area contributed by atoms with Gasteiger partial charge >= 0.3 is 5.97 Å². The van der Waals surface area contributed by atoms with E-state index in [4.69, 9.17) is 10.8 Å². The summed E-state index contributed by atoms with van der Waals surface area (Å²) >= 11 is 0. The molecule has 2 rings (SSSR count). The van der Waals surface area contributed by atoms with Crippen LogP contribution in [0.25, 0.3) is 10.9 Å². The molecule has 0 aliphatic rings. The van der Waals surface area contributed by atoms with E-state index in [9.17, 15) is 9.18 Å². The second kappa shape index (κ2) is 6.10. The number of rotatable bonds is 5. The number of carboxylic acid groups (broad SMARTS) is 1. The summed E-state index contributed by atoms with van der Waals surface area (Å²) < 4.78 is 13.8. The molecule has 1 heterocycles. The van der Waals surface area contributed by atoms with Crippen LogP contribution in [0.4, 0.5) is 4.39 Å². The first-order chi connectivity index (χ1) is 9.88. The minimum atomic E-state index is -1.06. The lowest BCUT2D eigenvalue weighted by Crippen LogP contribution is -2.32. The van der Waals surface area contributed by atoms with E-state index in [0.29, 0.717) is 11.8 Å². The molecule has 1 aromatic carbocycles. The van der Waals surface area contributed by atoms with Crippen LogP contribution in [0.3, 0.4) is 0 Å². The summed E-state index contributed by atoms with van der Waals surface area (Å²) in [5.74, 6) is -1.39. The lowest BCUT2D eigenvalue weighted by Gasteiger charge is -2.06. The minimum absolute atomic E-state index is 0.168. The summed E-state index contributed by atoms with van der Waals surface area (Å²) in [6.45, 7) is 3.98. The summed E-state index contributed by atoms with van der Waals surface area (Å²) in [7, 11) is 0. The van der Waals surface area contributed by atoms with E-state index in [1.165, 1.54) is 12.1 Å². The van der Waals surface area contributed by atoms with Crippen molar-refractivity contribution in [3.63, 3.8) is 0 Å². The molecular weight excluding hydrogens is 271 g/mol. The third kappa shape index (κ3) is 3.49. The van der Waals surface area contributed by atoms with Crippen LogP contribution >= 0.6 is 0 Å². The van der Waals surface area contributed by atoms with E-state index < -0.39 is 12.0 Å². The number of aromatic amines is 1. The van der Waals surface area contributed by atoms with Gasteiger partial charge in [0.15, 0.2) is 0 Å². The van der Waals surface area contributed by atoms with Crippen LogP contribution in [-0.2, 0) is 17.6 Å². The average Bonchev–Trinajstić information content (AvgIpc) is 2.79. The number of aromatic nitrogens is 1. The molecule has 0 amide bonds. The molecule has 0 aliphatic carbocycles. The van der Waals surface area contributed by atoms with Gasteiger partial charge < -0.3 is 15.8 Å². The number of H-pyrrole nitrogens is 1. The van der Waals surface area contributed by atoms with Crippen molar-refractivity contribution in [1.29, 1.82) is 0 Å². The van der Waals surface area contributed by atoms with Crippen molar-refractivity contribution in [2.45, 2.75) is 32.7 Å². The van der Waals surface area contributed by atoms with Crippen molar-refractivity contribution in [2.75, 3.05) is 0 Å². The molecule has 1 aromatic heterocycles. The van der Waals surface area contributed by atoms with E-state index in [0.717, 1.165) is 22.2 Å². The third-order valence-corrected chi connectivity index (χ3v) is 3.41. The number of hydrogen-bond acceptors (Lipinski definition) is 2. The minimum Gasteiger partial charge on any atom is -0.480 e. The second-order valence-corrected chi connectivity index (χ2v) is 5.44. The quantitative estimate of drug-likeness (QED) is 0.741. The maximum absolute atomic E-state index is 13.8. The molecular formula is C16H19FN2O2.